The molecule has 218 valence electrons. The van der Waals surface area contributed by atoms with Crippen molar-refractivity contribution in [3.63, 3.8) is 0 Å². The van der Waals surface area contributed by atoms with Crippen LogP contribution in [0.2, 0.25) is 0 Å². The molecule has 5 rings (SSSR count). The topological polar surface area (TPSA) is 108 Å². The van der Waals surface area contributed by atoms with Gasteiger partial charge in [0.05, 0.1) is 29.3 Å². The van der Waals surface area contributed by atoms with Crippen LogP contribution in [0.5, 0.6) is 0 Å². The Morgan fingerprint density at radius 3 is 2.59 bits per heavy atom. The normalized spacial score (nSPS) is 15.0. The number of fused-ring (bicyclic) bond motifs is 3. The van der Waals surface area contributed by atoms with E-state index in [4.69, 9.17) is 19.4 Å². The Labute approximate surface area is 238 Å². The first-order chi connectivity index (χ1) is 19.6. The molecule has 0 atom stereocenters. The number of piperazine rings is 1. The lowest BCUT2D eigenvalue weighted by Gasteiger charge is -2.32. The molecule has 0 unspecified atom stereocenters. The minimum Gasteiger partial charge on any atom is -0.475 e. The number of methoxy groups -OCH3 is 1. The number of H-pyrrole nitrogens is 1. The van der Waals surface area contributed by atoms with Crippen LogP contribution in [0.15, 0.2) is 29.6 Å². The molecule has 0 saturated carbocycles. The number of ether oxygens (including phenoxy) is 2. The standard InChI is InChI=1S/C26H28N4O3S.C2HF3O2/c1-29-7-9-30(10-8-29)16-18-5-6-21-22(14-18)26(31)23-24(27-28-25(21)23)19-15-20(34-17-19)4-3-11-33-13-12-32-2;3-2(4,5)1(6)7/h5-6,14-15,17H,7-13,16H2,1-2H3,(H,27,28);(H,6,7). The first-order valence-corrected chi connectivity index (χ1v) is 13.6. The number of carboxylic acids is 1. The molecule has 2 N–H and O–H groups in total. The predicted octanol–water partition coefficient (Wildman–Crippen LogP) is 3.74. The molecule has 1 aromatic carbocycles. The molecule has 3 aromatic rings. The number of benzene rings is 1. The smallest absolute Gasteiger partial charge is 0.475 e. The van der Waals surface area contributed by atoms with Gasteiger partial charge in [0.25, 0.3) is 0 Å². The van der Waals surface area contributed by atoms with E-state index in [-0.39, 0.29) is 5.78 Å². The highest BCUT2D eigenvalue weighted by atomic mass is 32.1. The number of carbonyl (C=O) groups excluding carboxylic acids is 1. The molecule has 1 aliphatic heterocycles. The van der Waals surface area contributed by atoms with Crippen LogP contribution >= 0.6 is 11.3 Å². The van der Waals surface area contributed by atoms with Crippen molar-refractivity contribution in [2.24, 2.45) is 0 Å². The number of rotatable bonds is 7. The van der Waals surface area contributed by atoms with Gasteiger partial charge in [-0.3, -0.25) is 14.8 Å². The number of nitrogens with zero attached hydrogens (tertiary/aromatic N) is 3. The maximum atomic E-state index is 13.4. The highest BCUT2D eigenvalue weighted by Crippen LogP contribution is 2.41. The average Bonchev–Trinajstić information content (AvgIpc) is 3.64. The molecule has 41 heavy (non-hydrogen) atoms. The Bertz CT molecular complexity index is 1450. The van der Waals surface area contributed by atoms with Gasteiger partial charge in [-0.25, -0.2) is 4.79 Å². The number of carbonyl (C=O) groups is 2. The van der Waals surface area contributed by atoms with E-state index in [1.807, 2.05) is 11.4 Å². The summed E-state index contributed by atoms with van der Waals surface area (Å²) in [5.74, 6) is 3.42. The van der Waals surface area contributed by atoms with Gasteiger partial charge in [-0.05, 0) is 24.7 Å². The Hall–Kier alpha value is -3.54. The van der Waals surface area contributed by atoms with Crippen LogP contribution in [0.3, 0.4) is 0 Å². The molecule has 0 spiro atoms. The number of aromatic amines is 1. The predicted molar refractivity (Wildman–Crippen MR) is 147 cm³/mol. The third kappa shape index (κ3) is 7.60. The van der Waals surface area contributed by atoms with Crippen LogP contribution in [-0.2, 0) is 20.8 Å². The summed E-state index contributed by atoms with van der Waals surface area (Å²) in [5, 5.41) is 16.7. The molecule has 13 heteroatoms. The van der Waals surface area contributed by atoms with Crippen molar-refractivity contribution in [2.45, 2.75) is 12.7 Å². The number of ketones is 1. The molecule has 1 saturated heterocycles. The number of aliphatic carboxylic acids is 1. The summed E-state index contributed by atoms with van der Waals surface area (Å²) in [6.45, 7) is 6.58. The number of hydrogen-bond donors (Lipinski definition) is 2. The van der Waals surface area contributed by atoms with E-state index < -0.39 is 12.1 Å². The summed E-state index contributed by atoms with van der Waals surface area (Å²) in [4.78, 5) is 28.0. The monoisotopic (exact) mass is 590 g/mol. The minimum atomic E-state index is -5.08. The first-order valence-electron chi connectivity index (χ1n) is 12.7. The fraction of sp³-hybridized carbons (Fsp3) is 0.393. The molecule has 0 amide bonds. The van der Waals surface area contributed by atoms with Gasteiger partial charge in [0.2, 0.25) is 0 Å². The Morgan fingerprint density at radius 1 is 1.17 bits per heavy atom. The molecule has 2 aromatic heterocycles. The second kappa shape index (κ2) is 13.4. The van der Waals surface area contributed by atoms with Gasteiger partial charge in [-0.15, -0.1) is 11.3 Å². The highest BCUT2D eigenvalue weighted by Gasteiger charge is 2.38. The van der Waals surface area contributed by atoms with Crippen molar-refractivity contribution in [1.29, 1.82) is 0 Å². The Morgan fingerprint density at radius 2 is 1.90 bits per heavy atom. The number of nitrogens with one attached hydrogen (secondary N) is 1. The third-order valence-electron chi connectivity index (χ3n) is 6.53. The van der Waals surface area contributed by atoms with Gasteiger partial charge in [0.1, 0.15) is 12.3 Å². The zero-order valence-corrected chi connectivity index (χ0v) is 23.3. The zero-order chi connectivity index (χ0) is 29.6. The fourth-order valence-electron chi connectivity index (χ4n) is 4.38. The summed E-state index contributed by atoms with van der Waals surface area (Å²) in [6.07, 6.45) is -5.08. The van der Waals surface area contributed by atoms with E-state index in [2.05, 4.69) is 57.1 Å². The number of halogens is 3. The quantitative estimate of drug-likeness (QED) is 0.248. The van der Waals surface area contributed by atoms with Crippen molar-refractivity contribution in [1.82, 2.24) is 20.0 Å². The summed E-state index contributed by atoms with van der Waals surface area (Å²) in [7, 11) is 3.80. The SMILES string of the molecule is COCCOCC#Cc1cc(-c2n[nH]c3c2C(=O)c2cc(CN4CCN(C)CC4)ccc2-3)cs1.O=C(O)C(F)(F)F. The van der Waals surface area contributed by atoms with Gasteiger partial charge in [-0.1, -0.05) is 24.0 Å². The molecular weight excluding hydrogens is 561 g/mol. The number of alkyl halides is 3. The Balaban J connectivity index is 0.000000493. The van der Waals surface area contributed by atoms with Crippen molar-refractivity contribution in [2.75, 3.05) is 60.2 Å². The Kier molecular flexibility index (Phi) is 9.95. The van der Waals surface area contributed by atoms with E-state index in [0.29, 0.717) is 31.1 Å². The van der Waals surface area contributed by atoms with Crippen LogP contribution in [0, 0.1) is 11.8 Å². The number of carboxylic acid groups (broad SMARTS) is 1. The number of likely N-dealkylation sites (N-methyl/N-ethyl adjacent to an activating group) is 1. The van der Waals surface area contributed by atoms with Gasteiger partial charge in [-0.2, -0.15) is 18.3 Å². The second-order valence-corrected chi connectivity index (χ2v) is 10.4. The maximum absolute atomic E-state index is 13.4. The van der Waals surface area contributed by atoms with Gasteiger partial charge < -0.3 is 19.5 Å². The largest absolute Gasteiger partial charge is 0.490 e. The van der Waals surface area contributed by atoms with E-state index in [0.717, 1.165) is 60.0 Å². The molecule has 3 heterocycles. The van der Waals surface area contributed by atoms with Gasteiger partial charge in [0.15, 0.2) is 5.78 Å². The lowest BCUT2D eigenvalue weighted by Crippen LogP contribution is -2.43. The van der Waals surface area contributed by atoms with Gasteiger partial charge >= 0.3 is 12.1 Å². The highest BCUT2D eigenvalue weighted by molar-refractivity contribution is 7.11. The molecule has 2 aliphatic rings. The van der Waals surface area contributed by atoms with E-state index in [9.17, 15) is 18.0 Å². The summed E-state index contributed by atoms with van der Waals surface area (Å²) < 4.78 is 42.1. The lowest BCUT2D eigenvalue weighted by atomic mass is 10.0. The molecule has 0 radical (unpaired) electrons. The average molecular weight is 591 g/mol. The van der Waals surface area contributed by atoms with E-state index >= 15 is 0 Å². The van der Waals surface area contributed by atoms with Crippen LogP contribution in [0.25, 0.3) is 22.5 Å². The van der Waals surface area contributed by atoms with Crippen LogP contribution in [0.4, 0.5) is 13.2 Å². The molecule has 0 bridgehead atoms. The molecular formula is C28H29F3N4O5S. The zero-order valence-electron chi connectivity index (χ0n) is 22.5. The van der Waals surface area contributed by atoms with Crippen LogP contribution < -0.4 is 0 Å². The summed E-state index contributed by atoms with van der Waals surface area (Å²) in [5.41, 5.74) is 5.95. The van der Waals surface area contributed by atoms with Crippen molar-refractivity contribution < 1.29 is 37.3 Å². The molecule has 1 aliphatic carbocycles. The number of thiophene rings is 1. The number of hydrogen-bond acceptors (Lipinski definition) is 8. The number of aromatic nitrogens is 2. The van der Waals surface area contributed by atoms with Crippen LogP contribution in [0.1, 0.15) is 26.4 Å². The van der Waals surface area contributed by atoms with Crippen LogP contribution in [-0.4, -0.2) is 103 Å². The van der Waals surface area contributed by atoms with Crippen molar-refractivity contribution in [3.8, 4) is 34.4 Å². The van der Waals surface area contributed by atoms with E-state index in [1.54, 1.807) is 18.4 Å². The second-order valence-electron chi connectivity index (χ2n) is 9.46. The first kappa shape index (κ1) is 30.4. The fourth-order valence-corrected chi connectivity index (χ4v) is 5.14. The summed E-state index contributed by atoms with van der Waals surface area (Å²) >= 11 is 1.54. The minimum absolute atomic E-state index is 0.0411. The van der Waals surface area contributed by atoms with Crippen molar-refractivity contribution >= 4 is 23.1 Å². The van der Waals surface area contributed by atoms with E-state index in [1.165, 1.54) is 5.56 Å². The molecule has 9 nitrogen and oxygen atoms in total. The third-order valence-corrected chi connectivity index (χ3v) is 7.37. The van der Waals surface area contributed by atoms with Gasteiger partial charge in [0, 0.05) is 61.9 Å². The lowest BCUT2D eigenvalue weighted by molar-refractivity contribution is -0.192. The molecule has 1 fully saturated rings. The maximum Gasteiger partial charge on any atom is 0.490 e. The van der Waals surface area contributed by atoms with Crippen molar-refractivity contribution in [3.05, 3.63) is 51.2 Å². The summed E-state index contributed by atoms with van der Waals surface area (Å²) in [6, 6.07) is 8.23.